The van der Waals surface area contributed by atoms with Crippen molar-refractivity contribution in [1.29, 1.82) is 0 Å². The fraction of sp³-hybridized carbons (Fsp3) is 0.688. The highest BCUT2D eigenvalue weighted by molar-refractivity contribution is 7.91. The topological polar surface area (TPSA) is 88.1 Å². The minimum absolute atomic E-state index is 0.0700. The van der Waals surface area contributed by atoms with Gasteiger partial charge in [-0.3, -0.25) is 0 Å². The molecule has 1 aromatic heterocycles. The van der Waals surface area contributed by atoms with Crippen molar-refractivity contribution in [1.82, 2.24) is 15.2 Å². The molecule has 1 unspecified atom stereocenters. The first-order valence-electron chi connectivity index (χ1n) is 8.58. The second kappa shape index (κ2) is 7.46. The second-order valence-corrected chi connectivity index (χ2v) is 8.82. The van der Waals surface area contributed by atoms with Crippen LogP contribution in [0.3, 0.4) is 0 Å². The van der Waals surface area contributed by atoms with Crippen LogP contribution in [0.5, 0.6) is 0 Å². The van der Waals surface area contributed by atoms with Gasteiger partial charge in [0.05, 0.1) is 17.7 Å². The van der Waals surface area contributed by atoms with Crippen molar-refractivity contribution in [3.8, 4) is 0 Å². The predicted octanol–water partition coefficient (Wildman–Crippen LogP) is 1.80. The average Bonchev–Trinajstić information content (AvgIpc) is 2.95. The van der Waals surface area contributed by atoms with E-state index < -0.39 is 9.84 Å². The molecule has 1 aromatic rings. The van der Waals surface area contributed by atoms with Crippen LogP contribution in [0.1, 0.15) is 38.5 Å². The Balaban J connectivity index is 1.56. The molecule has 0 amide bonds. The van der Waals surface area contributed by atoms with Gasteiger partial charge in [-0.1, -0.05) is 11.6 Å². The molecular weight excluding hydrogens is 326 g/mol. The lowest BCUT2D eigenvalue weighted by Crippen LogP contribution is -2.34. The first-order valence-corrected chi connectivity index (χ1v) is 10.4. The normalized spacial score (nSPS) is 22.9. The summed E-state index contributed by atoms with van der Waals surface area (Å²) >= 11 is 0. The van der Waals surface area contributed by atoms with Crippen molar-refractivity contribution in [2.45, 2.75) is 44.6 Å². The predicted molar refractivity (Wildman–Crippen MR) is 94.9 cm³/mol. The molecule has 1 saturated heterocycles. The van der Waals surface area contributed by atoms with Crippen molar-refractivity contribution in [3.63, 3.8) is 0 Å². The molecule has 1 aliphatic carbocycles. The SMILES string of the molecule is CN(c1nncc(NCCC2=CCCCC2)n1)C1CCS(=O)(=O)C1. The quantitative estimate of drug-likeness (QED) is 0.782. The van der Waals surface area contributed by atoms with E-state index >= 15 is 0 Å². The Kier molecular flexibility index (Phi) is 5.33. The van der Waals surface area contributed by atoms with E-state index in [-0.39, 0.29) is 17.5 Å². The Labute approximate surface area is 143 Å². The van der Waals surface area contributed by atoms with Gasteiger partial charge in [-0.2, -0.15) is 10.1 Å². The number of rotatable bonds is 6. The van der Waals surface area contributed by atoms with E-state index in [4.69, 9.17) is 0 Å². The third-order valence-electron chi connectivity index (χ3n) is 4.76. The molecule has 0 bridgehead atoms. The maximum atomic E-state index is 11.6. The highest BCUT2D eigenvalue weighted by Gasteiger charge is 2.31. The number of hydrogen-bond acceptors (Lipinski definition) is 7. The molecule has 2 aliphatic rings. The average molecular weight is 351 g/mol. The number of allylic oxidation sites excluding steroid dienone is 1. The van der Waals surface area contributed by atoms with E-state index in [2.05, 4.69) is 26.6 Å². The molecule has 0 aromatic carbocycles. The molecule has 1 N–H and O–H groups in total. The van der Waals surface area contributed by atoms with Crippen LogP contribution in [0.25, 0.3) is 0 Å². The van der Waals surface area contributed by atoms with Crippen molar-refractivity contribution in [2.75, 3.05) is 35.3 Å². The van der Waals surface area contributed by atoms with Gasteiger partial charge in [0.1, 0.15) is 0 Å². The van der Waals surface area contributed by atoms with E-state index in [0.717, 1.165) is 13.0 Å². The summed E-state index contributed by atoms with van der Waals surface area (Å²) < 4.78 is 23.3. The van der Waals surface area contributed by atoms with Crippen molar-refractivity contribution in [2.24, 2.45) is 0 Å². The number of anilines is 2. The zero-order chi connectivity index (χ0) is 17.0. The van der Waals surface area contributed by atoms with Gasteiger partial charge in [0.25, 0.3) is 0 Å². The first-order chi connectivity index (χ1) is 11.5. The second-order valence-electron chi connectivity index (χ2n) is 6.59. The smallest absolute Gasteiger partial charge is 0.247 e. The number of nitrogens with one attached hydrogen (secondary N) is 1. The van der Waals surface area contributed by atoms with E-state index in [1.807, 2.05) is 11.9 Å². The number of nitrogens with zero attached hydrogens (tertiary/aromatic N) is 4. The summed E-state index contributed by atoms with van der Waals surface area (Å²) in [5, 5.41) is 11.3. The van der Waals surface area contributed by atoms with Crippen molar-refractivity contribution in [3.05, 3.63) is 17.8 Å². The van der Waals surface area contributed by atoms with E-state index in [9.17, 15) is 8.42 Å². The zero-order valence-electron chi connectivity index (χ0n) is 14.1. The van der Waals surface area contributed by atoms with Gasteiger partial charge in [-0.25, -0.2) is 8.42 Å². The third kappa shape index (κ3) is 4.43. The minimum atomic E-state index is -2.92. The largest absolute Gasteiger partial charge is 0.368 e. The highest BCUT2D eigenvalue weighted by Crippen LogP contribution is 2.21. The van der Waals surface area contributed by atoms with Gasteiger partial charge in [0.2, 0.25) is 5.95 Å². The number of hydrogen-bond donors (Lipinski definition) is 1. The molecule has 1 fully saturated rings. The Bertz CT molecular complexity index is 704. The van der Waals surface area contributed by atoms with E-state index in [1.54, 1.807) is 6.20 Å². The highest BCUT2D eigenvalue weighted by atomic mass is 32.2. The van der Waals surface area contributed by atoms with Crippen LogP contribution in [-0.4, -0.2) is 54.7 Å². The molecule has 132 valence electrons. The van der Waals surface area contributed by atoms with E-state index in [0.29, 0.717) is 18.2 Å². The zero-order valence-corrected chi connectivity index (χ0v) is 14.9. The van der Waals surface area contributed by atoms with Gasteiger partial charge < -0.3 is 10.2 Å². The van der Waals surface area contributed by atoms with Gasteiger partial charge in [-0.05, 0) is 38.5 Å². The lowest BCUT2D eigenvalue weighted by molar-refractivity contribution is 0.600. The molecular formula is C16H25N5O2S. The monoisotopic (exact) mass is 351 g/mol. The summed E-state index contributed by atoms with van der Waals surface area (Å²) in [6, 6.07) is -0.0700. The lowest BCUT2D eigenvalue weighted by atomic mass is 9.97. The van der Waals surface area contributed by atoms with Gasteiger partial charge >= 0.3 is 0 Å². The Hall–Kier alpha value is -1.70. The van der Waals surface area contributed by atoms with Crippen LogP contribution >= 0.6 is 0 Å². The molecule has 2 heterocycles. The summed E-state index contributed by atoms with van der Waals surface area (Å²) in [6.07, 6.45) is 10.6. The molecule has 24 heavy (non-hydrogen) atoms. The fourth-order valence-electron chi connectivity index (χ4n) is 3.26. The molecule has 0 radical (unpaired) electrons. The van der Waals surface area contributed by atoms with Crippen LogP contribution in [0.2, 0.25) is 0 Å². The summed E-state index contributed by atoms with van der Waals surface area (Å²) in [6.45, 7) is 0.825. The molecule has 3 rings (SSSR count). The Morgan fingerprint density at radius 2 is 2.25 bits per heavy atom. The maximum absolute atomic E-state index is 11.6. The van der Waals surface area contributed by atoms with Crippen LogP contribution < -0.4 is 10.2 Å². The van der Waals surface area contributed by atoms with Crippen molar-refractivity contribution >= 4 is 21.6 Å². The summed E-state index contributed by atoms with van der Waals surface area (Å²) in [5.41, 5.74) is 1.52. The fourth-order valence-corrected chi connectivity index (χ4v) is 5.03. The molecule has 0 spiro atoms. The third-order valence-corrected chi connectivity index (χ3v) is 6.51. The maximum Gasteiger partial charge on any atom is 0.247 e. The lowest BCUT2D eigenvalue weighted by Gasteiger charge is -2.23. The number of sulfone groups is 1. The molecule has 8 heteroatoms. The summed E-state index contributed by atoms with van der Waals surface area (Å²) in [4.78, 5) is 6.30. The standard InChI is InChI=1S/C16H25N5O2S/c1-21(14-8-10-24(22,23)12-14)16-19-15(11-18-20-16)17-9-7-13-5-3-2-4-6-13/h5,11,14H,2-4,6-10,12H2,1H3,(H,17,19,20). The van der Waals surface area contributed by atoms with Crippen LogP contribution in [-0.2, 0) is 9.84 Å². The molecule has 1 aliphatic heterocycles. The number of aromatic nitrogens is 3. The van der Waals surface area contributed by atoms with Gasteiger partial charge in [0, 0.05) is 19.6 Å². The minimum Gasteiger partial charge on any atom is -0.368 e. The van der Waals surface area contributed by atoms with Gasteiger partial charge in [-0.15, -0.1) is 5.10 Å². The van der Waals surface area contributed by atoms with Crippen LogP contribution in [0, 0.1) is 0 Å². The van der Waals surface area contributed by atoms with Gasteiger partial charge in [0.15, 0.2) is 15.7 Å². The van der Waals surface area contributed by atoms with Crippen LogP contribution in [0.15, 0.2) is 17.8 Å². The van der Waals surface area contributed by atoms with Crippen LogP contribution in [0.4, 0.5) is 11.8 Å². The summed E-state index contributed by atoms with van der Waals surface area (Å²) in [7, 11) is -1.09. The first kappa shape index (κ1) is 17.1. The Morgan fingerprint density at radius 1 is 1.38 bits per heavy atom. The Morgan fingerprint density at radius 3 is 2.96 bits per heavy atom. The molecule has 7 nitrogen and oxygen atoms in total. The molecule has 1 atom stereocenters. The van der Waals surface area contributed by atoms with Crippen molar-refractivity contribution < 1.29 is 8.42 Å². The molecule has 0 saturated carbocycles. The van der Waals surface area contributed by atoms with E-state index in [1.165, 1.54) is 31.3 Å². The summed E-state index contributed by atoms with van der Waals surface area (Å²) in [5.74, 6) is 1.56.